The minimum Gasteiger partial charge on any atom is -0.462 e. The molecule has 1 saturated heterocycles. The first-order chi connectivity index (χ1) is 17.4. The molecule has 0 bridgehead atoms. The highest BCUT2D eigenvalue weighted by Crippen LogP contribution is 2.46. The molecule has 2 heterocycles. The number of hydrogen-bond acceptors (Lipinski definition) is 9. The zero-order chi connectivity index (χ0) is 27.3. The van der Waals surface area contributed by atoms with Gasteiger partial charge in [0.25, 0.3) is 5.56 Å². The number of ether oxygens (including phenoxy) is 2. The fourth-order valence-electron chi connectivity index (χ4n) is 3.54. The van der Waals surface area contributed by atoms with Gasteiger partial charge >= 0.3 is 19.4 Å². The molecule has 2 aromatic rings. The van der Waals surface area contributed by atoms with Crippen LogP contribution in [-0.4, -0.2) is 51.6 Å². The maximum absolute atomic E-state index is 13.7. The highest BCUT2D eigenvalue weighted by atomic mass is 31.2. The van der Waals surface area contributed by atoms with Crippen LogP contribution >= 0.6 is 7.75 Å². The predicted octanol–water partition coefficient (Wildman–Crippen LogP) is 1.90. The molecule has 204 valence electrons. The molecule has 0 aliphatic carbocycles. The number of aliphatic hydroxyl groups excluding tert-OH is 1. The van der Waals surface area contributed by atoms with Gasteiger partial charge in [-0.1, -0.05) is 24.3 Å². The lowest BCUT2D eigenvalue weighted by molar-refractivity contribution is -0.149. The van der Waals surface area contributed by atoms with Crippen LogP contribution < -0.4 is 16.3 Å². The van der Waals surface area contributed by atoms with Crippen molar-refractivity contribution in [3.63, 3.8) is 0 Å². The Morgan fingerprint density at radius 3 is 2.68 bits per heavy atom. The smallest absolute Gasteiger partial charge is 0.406 e. The number of nitrogens with one attached hydrogen (secondary N) is 2. The van der Waals surface area contributed by atoms with E-state index in [-0.39, 0.29) is 13.0 Å². The summed E-state index contributed by atoms with van der Waals surface area (Å²) in [6.07, 6.45) is -3.21. The quantitative estimate of drug-likeness (QED) is 0.282. The van der Waals surface area contributed by atoms with E-state index in [1.165, 1.54) is 6.92 Å². The standard InChI is InChI=1S/C23H31FN3O9P/c1-13(2)35-22(30)15(4)26-37(32,33-11-16-8-6-5-7-14(16)3)34-12-19-18(28)9-20(36-19)27-10-17(24)21(29)25-23(27)31/h5-8,10,13,15,18-20,28H,9,11-12H2,1-4H3,(H,26,32)(H,25,29,31)/t15-,18?,19?,20?,37?/m0/s1. The molecule has 1 aromatic heterocycles. The van der Waals surface area contributed by atoms with Crippen LogP contribution in [0.5, 0.6) is 0 Å². The van der Waals surface area contributed by atoms with Crippen molar-refractivity contribution < 1.29 is 37.4 Å². The van der Waals surface area contributed by atoms with E-state index in [1.807, 2.05) is 24.0 Å². The number of aromatic amines is 1. The van der Waals surface area contributed by atoms with Crippen molar-refractivity contribution in [3.05, 3.63) is 68.2 Å². The van der Waals surface area contributed by atoms with Gasteiger partial charge in [0.1, 0.15) is 18.4 Å². The summed E-state index contributed by atoms with van der Waals surface area (Å²) in [7, 11) is -4.17. The summed E-state index contributed by atoms with van der Waals surface area (Å²) >= 11 is 0. The third-order valence-corrected chi connectivity index (χ3v) is 7.22. The highest BCUT2D eigenvalue weighted by molar-refractivity contribution is 7.51. The molecule has 1 fully saturated rings. The van der Waals surface area contributed by atoms with Crippen LogP contribution in [0.15, 0.2) is 40.1 Å². The Labute approximate surface area is 212 Å². The molecule has 0 radical (unpaired) electrons. The van der Waals surface area contributed by atoms with Gasteiger partial charge in [0.2, 0.25) is 5.82 Å². The molecular formula is C23H31FN3O9P. The van der Waals surface area contributed by atoms with Crippen molar-refractivity contribution in [1.29, 1.82) is 0 Å². The molecule has 3 rings (SSSR count). The fraction of sp³-hybridized carbons (Fsp3) is 0.522. The number of H-pyrrole nitrogens is 1. The zero-order valence-corrected chi connectivity index (χ0v) is 21.8. The number of halogens is 1. The van der Waals surface area contributed by atoms with Crippen molar-refractivity contribution in [3.8, 4) is 0 Å². The number of carbonyl (C=O) groups is 1. The lowest BCUT2D eigenvalue weighted by Crippen LogP contribution is -2.36. The minimum absolute atomic E-state index is 0.106. The summed E-state index contributed by atoms with van der Waals surface area (Å²) in [6, 6.07) is 6.20. The molecule has 37 heavy (non-hydrogen) atoms. The van der Waals surface area contributed by atoms with E-state index in [2.05, 4.69) is 5.09 Å². The average Bonchev–Trinajstić information content (AvgIpc) is 3.19. The Balaban J connectivity index is 1.73. The topological polar surface area (TPSA) is 158 Å². The second-order valence-electron chi connectivity index (χ2n) is 8.91. The molecule has 0 spiro atoms. The van der Waals surface area contributed by atoms with Gasteiger partial charge in [0, 0.05) is 6.42 Å². The van der Waals surface area contributed by atoms with Crippen LogP contribution in [-0.2, 0) is 34.5 Å². The molecule has 1 aromatic carbocycles. The molecule has 4 unspecified atom stereocenters. The number of nitrogens with zero attached hydrogens (tertiary/aromatic N) is 1. The zero-order valence-electron chi connectivity index (χ0n) is 20.9. The largest absolute Gasteiger partial charge is 0.462 e. The second kappa shape index (κ2) is 12.2. The Morgan fingerprint density at radius 2 is 2.00 bits per heavy atom. The first-order valence-electron chi connectivity index (χ1n) is 11.6. The number of hydrogen-bond donors (Lipinski definition) is 3. The highest BCUT2D eigenvalue weighted by Gasteiger charge is 2.39. The van der Waals surface area contributed by atoms with E-state index in [1.54, 1.807) is 26.0 Å². The molecule has 1 aliphatic heterocycles. The molecular weight excluding hydrogens is 512 g/mol. The summed E-state index contributed by atoms with van der Waals surface area (Å²) in [4.78, 5) is 37.4. The fourth-order valence-corrected chi connectivity index (χ4v) is 5.00. The van der Waals surface area contributed by atoms with Crippen LogP contribution in [0.25, 0.3) is 0 Å². The predicted molar refractivity (Wildman–Crippen MR) is 129 cm³/mol. The number of carbonyl (C=O) groups excluding carboxylic acids is 1. The Morgan fingerprint density at radius 1 is 1.30 bits per heavy atom. The van der Waals surface area contributed by atoms with E-state index in [9.17, 15) is 28.4 Å². The number of aryl methyl sites for hydroxylation is 1. The van der Waals surface area contributed by atoms with Crippen LogP contribution in [0.2, 0.25) is 0 Å². The maximum Gasteiger partial charge on any atom is 0.406 e. The van der Waals surface area contributed by atoms with Crippen molar-refractivity contribution in [2.24, 2.45) is 0 Å². The molecule has 5 atom stereocenters. The lowest BCUT2D eigenvalue weighted by Gasteiger charge is -2.25. The summed E-state index contributed by atoms with van der Waals surface area (Å²) in [5.74, 6) is -1.87. The molecule has 3 N–H and O–H groups in total. The van der Waals surface area contributed by atoms with E-state index in [0.29, 0.717) is 6.20 Å². The SMILES string of the molecule is Cc1ccccc1COP(=O)(N[C@@H](C)C(=O)OC(C)C)OCC1OC(n2cc(F)c(=O)[nH]c2=O)CC1O. The van der Waals surface area contributed by atoms with E-state index >= 15 is 0 Å². The molecule has 14 heteroatoms. The number of esters is 1. The summed E-state index contributed by atoms with van der Waals surface area (Å²) in [5.41, 5.74) is -0.473. The minimum atomic E-state index is -4.17. The van der Waals surface area contributed by atoms with Crippen LogP contribution in [0.3, 0.4) is 0 Å². The Hall–Kier alpha value is -2.67. The third-order valence-electron chi connectivity index (χ3n) is 5.56. The van der Waals surface area contributed by atoms with Crippen molar-refractivity contribution in [2.75, 3.05) is 6.61 Å². The lowest BCUT2D eigenvalue weighted by atomic mass is 10.1. The Kier molecular flexibility index (Phi) is 9.57. The number of aromatic nitrogens is 2. The van der Waals surface area contributed by atoms with Gasteiger partial charge in [-0.25, -0.2) is 14.4 Å². The first kappa shape index (κ1) is 28.9. The number of aliphatic hydroxyl groups is 1. The van der Waals surface area contributed by atoms with Gasteiger partial charge in [0.05, 0.1) is 31.6 Å². The van der Waals surface area contributed by atoms with Crippen molar-refractivity contribution in [2.45, 2.75) is 71.3 Å². The van der Waals surface area contributed by atoms with Crippen LogP contribution in [0, 0.1) is 12.7 Å². The van der Waals surface area contributed by atoms with Gasteiger partial charge < -0.3 is 14.6 Å². The van der Waals surface area contributed by atoms with E-state index in [0.717, 1.165) is 15.7 Å². The normalized spacial score (nSPS) is 22.1. The maximum atomic E-state index is 13.7. The number of rotatable bonds is 11. The first-order valence-corrected chi connectivity index (χ1v) is 13.2. The summed E-state index contributed by atoms with van der Waals surface area (Å²) in [5, 5.41) is 13.0. The van der Waals surface area contributed by atoms with Crippen molar-refractivity contribution in [1.82, 2.24) is 14.6 Å². The second-order valence-corrected chi connectivity index (χ2v) is 10.7. The Bertz CT molecular complexity index is 1260. The van der Waals surface area contributed by atoms with Crippen LogP contribution in [0.4, 0.5) is 4.39 Å². The molecule has 0 saturated carbocycles. The molecule has 0 amide bonds. The average molecular weight is 543 g/mol. The van der Waals surface area contributed by atoms with Crippen molar-refractivity contribution >= 4 is 13.7 Å². The van der Waals surface area contributed by atoms with E-state index < -0.39 is 68.0 Å². The number of benzene rings is 1. The van der Waals surface area contributed by atoms with Crippen LogP contribution in [0.1, 0.15) is 44.5 Å². The van der Waals surface area contributed by atoms with Gasteiger partial charge in [-0.2, -0.15) is 4.39 Å². The third kappa shape index (κ3) is 7.67. The molecule has 12 nitrogen and oxygen atoms in total. The van der Waals surface area contributed by atoms with Gasteiger partial charge in [-0.05, 0) is 38.8 Å². The summed E-state index contributed by atoms with van der Waals surface area (Å²) < 4.78 is 50.0. The monoisotopic (exact) mass is 543 g/mol. The summed E-state index contributed by atoms with van der Waals surface area (Å²) in [6.45, 7) is 6.07. The van der Waals surface area contributed by atoms with Gasteiger partial charge in [-0.15, -0.1) is 0 Å². The van der Waals surface area contributed by atoms with E-state index in [4.69, 9.17) is 18.5 Å². The van der Waals surface area contributed by atoms with Gasteiger partial charge in [-0.3, -0.25) is 28.2 Å². The molecule has 1 aliphatic rings. The van der Waals surface area contributed by atoms with Gasteiger partial charge in [0.15, 0.2) is 0 Å².